The SMILES string of the molecule is CC(C)CC(NC(=O)C(Cc1ccccc1)NC(=O)C(C)NC(=O)C(N)CC(=O)O)C(=O)O. The fourth-order valence-electron chi connectivity index (χ4n) is 2.99. The monoisotopic (exact) mass is 464 g/mol. The van der Waals surface area contributed by atoms with Crippen molar-refractivity contribution in [1.29, 1.82) is 0 Å². The van der Waals surface area contributed by atoms with Crippen molar-refractivity contribution in [3.63, 3.8) is 0 Å². The first-order valence-corrected chi connectivity index (χ1v) is 10.6. The third-order valence-corrected chi connectivity index (χ3v) is 4.72. The minimum Gasteiger partial charge on any atom is -0.481 e. The lowest BCUT2D eigenvalue weighted by Crippen LogP contribution is -2.57. The quantitative estimate of drug-likeness (QED) is 0.228. The zero-order valence-electron chi connectivity index (χ0n) is 18.9. The Morgan fingerprint density at radius 2 is 1.42 bits per heavy atom. The van der Waals surface area contributed by atoms with Crippen LogP contribution in [0.3, 0.4) is 0 Å². The van der Waals surface area contributed by atoms with Crippen molar-refractivity contribution < 1.29 is 34.2 Å². The van der Waals surface area contributed by atoms with E-state index in [0.29, 0.717) is 0 Å². The second-order valence-corrected chi connectivity index (χ2v) is 8.21. The Bertz CT molecular complexity index is 844. The molecule has 0 bridgehead atoms. The van der Waals surface area contributed by atoms with Crippen LogP contribution in [0.5, 0.6) is 0 Å². The zero-order valence-corrected chi connectivity index (χ0v) is 18.9. The number of nitrogens with one attached hydrogen (secondary N) is 3. The molecule has 3 amide bonds. The molecule has 11 nitrogen and oxygen atoms in total. The van der Waals surface area contributed by atoms with Gasteiger partial charge in [0.05, 0.1) is 12.5 Å². The molecule has 0 saturated heterocycles. The first-order valence-electron chi connectivity index (χ1n) is 10.6. The third-order valence-electron chi connectivity index (χ3n) is 4.72. The van der Waals surface area contributed by atoms with Crippen LogP contribution in [0.25, 0.3) is 0 Å². The van der Waals surface area contributed by atoms with E-state index in [1.54, 1.807) is 30.3 Å². The molecule has 4 atom stereocenters. The molecule has 0 aliphatic heterocycles. The highest BCUT2D eigenvalue weighted by molar-refractivity contribution is 5.94. The zero-order chi connectivity index (χ0) is 25.1. The number of amides is 3. The number of benzene rings is 1. The molecule has 0 radical (unpaired) electrons. The molecule has 0 fully saturated rings. The summed E-state index contributed by atoms with van der Waals surface area (Å²) in [7, 11) is 0. The molecule has 1 aromatic rings. The molecule has 33 heavy (non-hydrogen) atoms. The average Bonchev–Trinajstić information content (AvgIpc) is 2.72. The largest absolute Gasteiger partial charge is 0.481 e. The first-order chi connectivity index (χ1) is 15.4. The van der Waals surface area contributed by atoms with Crippen molar-refractivity contribution >= 4 is 29.7 Å². The minimum atomic E-state index is -1.34. The molecule has 0 aromatic heterocycles. The number of nitrogens with two attached hydrogens (primary N) is 1. The highest BCUT2D eigenvalue weighted by Gasteiger charge is 2.29. The number of carboxylic acids is 2. The molecule has 1 aromatic carbocycles. The van der Waals surface area contributed by atoms with E-state index in [0.717, 1.165) is 5.56 Å². The Labute approximate surface area is 192 Å². The molecular formula is C22H32N4O7. The Balaban J connectivity index is 2.94. The number of carboxylic acid groups (broad SMARTS) is 2. The van der Waals surface area contributed by atoms with E-state index in [2.05, 4.69) is 16.0 Å². The Hall–Kier alpha value is -3.47. The summed E-state index contributed by atoms with van der Waals surface area (Å²) in [6, 6.07) is 4.13. The van der Waals surface area contributed by atoms with E-state index in [1.165, 1.54) is 6.92 Å². The average molecular weight is 465 g/mol. The van der Waals surface area contributed by atoms with Crippen LogP contribution in [-0.4, -0.2) is 64.0 Å². The van der Waals surface area contributed by atoms with Gasteiger partial charge in [-0.3, -0.25) is 19.2 Å². The summed E-state index contributed by atoms with van der Waals surface area (Å²) in [6.07, 6.45) is -0.307. The summed E-state index contributed by atoms with van der Waals surface area (Å²) in [6.45, 7) is 5.01. The van der Waals surface area contributed by atoms with Crippen LogP contribution >= 0.6 is 0 Å². The van der Waals surface area contributed by atoms with Gasteiger partial charge < -0.3 is 31.9 Å². The Morgan fingerprint density at radius 1 is 0.848 bits per heavy atom. The fourth-order valence-corrected chi connectivity index (χ4v) is 2.99. The molecule has 7 N–H and O–H groups in total. The molecule has 0 saturated carbocycles. The van der Waals surface area contributed by atoms with Gasteiger partial charge in [0.1, 0.15) is 18.1 Å². The maximum absolute atomic E-state index is 12.9. The number of rotatable bonds is 13. The number of carbonyl (C=O) groups excluding carboxylic acids is 3. The van der Waals surface area contributed by atoms with Crippen LogP contribution in [0.15, 0.2) is 30.3 Å². The highest BCUT2D eigenvalue weighted by Crippen LogP contribution is 2.08. The summed E-state index contributed by atoms with van der Waals surface area (Å²) in [5.41, 5.74) is 6.23. The Morgan fingerprint density at radius 3 is 1.94 bits per heavy atom. The maximum Gasteiger partial charge on any atom is 0.326 e. The normalized spacial score (nSPS) is 14.5. The Kier molecular flexibility index (Phi) is 11.0. The summed E-state index contributed by atoms with van der Waals surface area (Å²) >= 11 is 0. The topological polar surface area (TPSA) is 188 Å². The molecule has 1 rings (SSSR count). The van der Waals surface area contributed by atoms with Gasteiger partial charge in [0.25, 0.3) is 0 Å². The van der Waals surface area contributed by atoms with Gasteiger partial charge in [0, 0.05) is 6.42 Å². The van der Waals surface area contributed by atoms with Crippen LogP contribution < -0.4 is 21.7 Å². The van der Waals surface area contributed by atoms with Crippen molar-refractivity contribution in [2.75, 3.05) is 0 Å². The second-order valence-electron chi connectivity index (χ2n) is 8.21. The van der Waals surface area contributed by atoms with Crippen molar-refractivity contribution in [3.8, 4) is 0 Å². The minimum absolute atomic E-state index is 0.0128. The number of hydrogen-bond donors (Lipinski definition) is 6. The second kappa shape index (κ2) is 13.2. The summed E-state index contributed by atoms with van der Waals surface area (Å²) in [5, 5.41) is 25.5. The van der Waals surface area contributed by atoms with Gasteiger partial charge in [-0.1, -0.05) is 44.2 Å². The van der Waals surface area contributed by atoms with Crippen LogP contribution in [-0.2, 0) is 30.4 Å². The molecule has 4 unspecified atom stereocenters. The smallest absolute Gasteiger partial charge is 0.326 e. The summed E-state index contributed by atoms with van der Waals surface area (Å²) in [5.74, 6) is -4.65. The van der Waals surface area contributed by atoms with Crippen molar-refractivity contribution in [1.82, 2.24) is 16.0 Å². The van der Waals surface area contributed by atoms with E-state index >= 15 is 0 Å². The van der Waals surface area contributed by atoms with Gasteiger partial charge >= 0.3 is 11.9 Å². The van der Waals surface area contributed by atoms with Crippen molar-refractivity contribution in [2.24, 2.45) is 11.7 Å². The fraction of sp³-hybridized carbons (Fsp3) is 0.500. The van der Waals surface area contributed by atoms with Crippen LogP contribution in [0.4, 0.5) is 0 Å². The molecule has 0 spiro atoms. The molecule has 0 heterocycles. The van der Waals surface area contributed by atoms with Gasteiger partial charge in [0.2, 0.25) is 17.7 Å². The van der Waals surface area contributed by atoms with E-state index in [4.69, 9.17) is 10.8 Å². The molecular weight excluding hydrogens is 432 g/mol. The predicted molar refractivity (Wildman–Crippen MR) is 119 cm³/mol. The van der Waals surface area contributed by atoms with Gasteiger partial charge in [-0.2, -0.15) is 0 Å². The van der Waals surface area contributed by atoms with Gasteiger partial charge in [0.15, 0.2) is 0 Å². The maximum atomic E-state index is 12.9. The first kappa shape index (κ1) is 27.6. The van der Waals surface area contributed by atoms with E-state index in [9.17, 15) is 29.1 Å². The van der Waals surface area contributed by atoms with Gasteiger partial charge in [-0.05, 0) is 24.8 Å². The highest BCUT2D eigenvalue weighted by atomic mass is 16.4. The lowest BCUT2D eigenvalue weighted by Gasteiger charge is -2.24. The van der Waals surface area contributed by atoms with Gasteiger partial charge in [-0.25, -0.2) is 4.79 Å². The van der Waals surface area contributed by atoms with Crippen LogP contribution in [0.1, 0.15) is 39.2 Å². The number of carbonyl (C=O) groups is 5. The van der Waals surface area contributed by atoms with Crippen molar-refractivity contribution in [3.05, 3.63) is 35.9 Å². The number of hydrogen-bond acceptors (Lipinski definition) is 6. The standard InChI is InChI=1S/C22H32N4O7/c1-12(2)9-17(22(32)33)26-21(31)16(10-14-7-5-4-6-8-14)25-19(29)13(3)24-20(30)15(23)11-18(27)28/h4-8,12-13,15-17H,9-11,23H2,1-3H3,(H,24,30)(H,25,29)(H,26,31)(H,27,28)(H,32,33). The lowest BCUT2D eigenvalue weighted by molar-refractivity contribution is -0.142. The van der Waals surface area contributed by atoms with E-state index < -0.39 is 60.2 Å². The van der Waals surface area contributed by atoms with Crippen LogP contribution in [0, 0.1) is 5.92 Å². The summed E-state index contributed by atoms with van der Waals surface area (Å²) in [4.78, 5) is 59.8. The van der Waals surface area contributed by atoms with Crippen LogP contribution in [0.2, 0.25) is 0 Å². The predicted octanol–water partition coefficient (Wildman–Crippen LogP) is -0.364. The van der Waals surface area contributed by atoms with E-state index in [1.807, 2.05) is 13.8 Å². The third kappa shape index (κ3) is 10.1. The lowest BCUT2D eigenvalue weighted by atomic mass is 10.0. The van der Waals surface area contributed by atoms with E-state index in [-0.39, 0.29) is 18.8 Å². The molecule has 0 aliphatic carbocycles. The molecule has 182 valence electrons. The molecule has 0 aliphatic rings. The summed E-state index contributed by atoms with van der Waals surface area (Å²) < 4.78 is 0. The van der Waals surface area contributed by atoms with Crippen molar-refractivity contribution in [2.45, 2.75) is 64.2 Å². The van der Waals surface area contributed by atoms with Gasteiger partial charge in [-0.15, -0.1) is 0 Å². The number of aliphatic carboxylic acids is 2. The molecule has 11 heteroatoms.